The Hall–Kier alpha value is -4.28. The van der Waals surface area contributed by atoms with Crippen molar-refractivity contribution in [2.24, 2.45) is 0 Å². The second-order valence-corrected chi connectivity index (χ2v) is 28.8. The van der Waals surface area contributed by atoms with Gasteiger partial charge in [0.15, 0.2) is 12.2 Å². The number of allylic oxidation sites excluding steroid dienone is 18. The van der Waals surface area contributed by atoms with Gasteiger partial charge >= 0.3 is 39.5 Å². The average Bonchev–Trinajstić information content (AvgIpc) is 1.06. The highest BCUT2D eigenvalue weighted by Crippen LogP contribution is 2.45. The van der Waals surface area contributed by atoms with Gasteiger partial charge in [-0.1, -0.05) is 259 Å². The molecule has 100 heavy (non-hydrogen) atoms. The van der Waals surface area contributed by atoms with Crippen molar-refractivity contribution >= 4 is 39.5 Å². The average molecular weight is 1450 g/mol. The van der Waals surface area contributed by atoms with Crippen molar-refractivity contribution in [3.8, 4) is 0 Å². The van der Waals surface area contributed by atoms with Crippen molar-refractivity contribution in [2.75, 3.05) is 39.6 Å². The van der Waals surface area contributed by atoms with Crippen LogP contribution in [0.2, 0.25) is 0 Å². The van der Waals surface area contributed by atoms with Crippen molar-refractivity contribution in [1.29, 1.82) is 0 Å². The summed E-state index contributed by atoms with van der Waals surface area (Å²) in [6.07, 6.45) is 77.8. The molecule has 0 aromatic rings. The zero-order valence-electron chi connectivity index (χ0n) is 62.8. The largest absolute Gasteiger partial charge is 0.472 e. The molecule has 0 aliphatic carbocycles. The Bertz CT molecular complexity index is 2320. The minimum atomic E-state index is -4.98. The van der Waals surface area contributed by atoms with E-state index in [1.54, 1.807) is 0 Å². The third-order valence-corrected chi connectivity index (χ3v) is 18.1. The normalized spacial score (nSPS) is 14.5. The van der Waals surface area contributed by atoms with Gasteiger partial charge in [0.05, 0.1) is 26.4 Å². The van der Waals surface area contributed by atoms with Crippen LogP contribution in [0, 0.1) is 0 Å². The zero-order chi connectivity index (χ0) is 73.2. The summed E-state index contributed by atoms with van der Waals surface area (Å²) in [5, 5.41) is 10.6. The lowest BCUT2D eigenvalue weighted by Crippen LogP contribution is -2.30. The van der Waals surface area contributed by atoms with E-state index in [-0.39, 0.29) is 25.7 Å². The van der Waals surface area contributed by atoms with Crippen LogP contribution in [0.3, 0.4) is 0 Å². The Morgan fingerprint density at radius 3 is 0.870 bits per heavy atom. The third-order valence-electron chi connectivity index (χ3n) is 16.2. The summed E-state index contributed by atoms with van der Waals surface area (Å²) in [7, 11) is -9.97. The van der Waals surface area contributed by atoms with Gasteiger partial charge in [0.2, 0.25) is 0 Å². The maximum atomic E-state index is 13.1. The van der Waals surface area contributed by atoms with Crippen LogP contribution in [0.4, 0.5) is 0 Å². The van der Waals surface area contributed by atoms with E-state index in [0.717, 1.165) is 186 Å². The topological polar surface area (TPSA) is 237 Å². The molecule has 576 valence electrons. The molecule has 17 nitrogen and oxygen atoms in total. The molecule has 0 heterocycles. The Kier molecular flexibility index (Phi) is 69.9. The van der Waals surface area contributed by atoms with Crippen molar-refractivity contribution < 1.29 is 80.2 Å². The molecule has 0 spiro atoms. The third kappa shape index (κ3) is 72.1. The van der Waals surface area contributed by atoms with Gasteiger partial charge in [0.1, 0.15) is 19.3 Å². The van der Waals surface area contributed by atoms with Crippen LogP contribution < -0.4 is 0 Å². The van der Waals surface area contributed by atoms with Crippen LogP contribution >= 0.6 is 15.6 Å². The summed E-state index contributed by atoms with van der Waals surface area (Å²) < 4.78 is 68.5. The maximum absolute atomic E-state index is 13.1. The van der Waals surface area contributed by atoms with Gasteiger partial charge in [-0.25, -0.2) is 9.13 Å². The first kappa shape index (κ1) is 95.7. The molecule has 0 aromatic carbocycles. The Morgan fingerprint density at radius 1 is 0.290 bits per heavy atom. The van der Waals surface area contributed by atoms with E-state index >= 15 is 0 Å². The second-order valence-electron chi connectivity index (χ2n) is 25.9. The van der Waals surface area contributed by atoms with E-state index in [2.05, 4.69) is 137 Å². The number of hydrogen-bond acceptors (Lipinski definition) is 15. The SMILES string of the molecule is CC/C=C\C/C=C\C/C=C\C/C=C\CCCCCCC(=O)OCC(COP(=O)(O)OCC(O)COP(=O)(O)OCC(COC(=O)CCCCCCC/C=C\C/C=C\CCCCC)OC(=O)CCCCCCC/C=C\C/C=C\CCC)OC(=O)CCCCCCC/C=C\CCCCCCCC. The van der Waals surface area contributed by atoms with Crippen molar-refractivity contribution in [1.82, 2.24) is 0 Å². The van der Waals surface area contributed by atoms with Crippen LogP contribution in [0.25, 0.3) is 0 Å². The van der Waals surface area contributed by atoms with Crippen LogP contribution in [0.1, 0.15) is 323 Å². The number of phosphoric ester groups is 2. The van der Waals surface area contributed by atoms with Gasteiger partial charge in [0, 0.05) is 25.7 Å². The number of carbonyl (C=O) groups is 4. The predicted octanol–water partition coefficient (Wildman–Crippen LogP) is 22.6. The highest BCUT2D eigenvalue weighted by molar-refractivity contribution is 7.47. The number of aliphatic hydroxyl groups is 1. The quantitative estimate of drug-likeness (QED) is 0.0169. The first-order valence-electron chi connectivity index (χ1n) is 39.1. The molecule has 0 rings (SSSR count). The molecular weight excluding hydrogens is 1310 g/mol. The summed E-state index contributed by atoms with van der Waals surface area (Å²) in [4.78, 5) is 72.9. The summed E-state index contributed by atoms with van der Waals surface area (Å²) in [6.45, 7) is 4.62. The minimum absolute atomic E-state index is 0.0744. The standard InChI is InChI=1S/C81H140O17P2/c1-5-9-13-17-21-25-29-33-36-37-40-43-46-50-54-58-62-66-79(84)92-72-77(98-81(86)68-64-60-56-52-48-44-39-35-31-27-23-19-15-11-7-3)74-96-100(89,90)94-70-75(82)69-93-99(87,88)95-73-76(97-80(85)67-63-59-55-51-47-41-32-28-24-20-16-12-8-4)71-91-78(83)65-61-57-53-49-45-42-38-34-30-26-22-18-14-10-6-2/h9,13,16,20-22,25-26,28,32-36,38-40,43,75-77,82H,5-8,10-12,14-15,17-19,23-24,27,29-31,37,41-42,44-74H2,1-4H3,(H,87,88)(H,89,90)/b13-9-,20-16-,25-21-,26-22-,32-28-,36-33-,38-34-,39-35-,43-40-. The van der Waals surface area contributed by atoms with E-state index in [9.17, 15) is 43.2 Å². The molecule has 5 atom stereocenters. The highest BCUT2D eigenvalue weighted by atomic mass is 31.2. The number of hydrogen-bond donors (Lipinski definition) is 3. The van der Waals surface area contributed by atoms with Crippen molar-refractivity contribution in [2.45, 2.75) is 341 Å². The molecule has 0 amide bonds. The maximum Gasteiger partial charge on any atom is 0.472 e. The molecular formula is C81H140O17P2. The number of carbonyl (C=O) groups excluding carboxylic acids is 4. The Labute approximate surface area is 607 Å². The fourth-order valence-corrected chi connectivity index (χ4v) is 11.8. The summed E-state index contributed by atoms with van der Waals surface area (Å²) in [5.74, 6) is -2.23. The number of esters is 4. The van der Waals surface area contributed by atoms with Gasteiger partial charge < -0.3 is 33.8 Å². The summed E-state index contributed by atoms with van der Waals surface area (Å²) >= 11 is 0. The number of unbranched alkanes of at least 4 members (excludes halogenated alkanes) is 29. The summed E-state index contributed by atoms with van der Waals surface area (Å²) in [6, 6.07) is 0. The fraction of sp³-hybridized carbons (Fsp3) is 0.728. The molecule has 0 aliphatic heterocycles. The molecule has 0 radical (unpaired) electrons. The molecule has 0 saturated heterocycles. The molecule has 0 saturated carbocycles. The van der Waals surface area contributed by atoms with E-state index in [1.165, 1.54) is 57.8 Å². The molecule has 0 bridgehead atoms. The molecule has 0 aliphatic rings. The number of rotatable bonds is 73. The van der Waals surface area contributed by atoms with E-state index < -0.39 is 97.5 Å². The molecule has 5 unspecified atom stereocenters. The second kappa shape index (κ2) is 73.0. The van der Waals surface area contributed by atoms with Crippen LogP contribution in [-0.4, -0.2) is 96.7 Å². The fourth-order valence-electron chi connectivity index (χ4n) is 10.2. The number of ether oxygens (including phenoxy) is 4. The molecule has 3 N–H and O–H groups in total. The number of phosphoric acid groups is 2. The zero-order valence-corrected chi connectivity index (χ0v) is 64.6. The van der Waals surface area contributed by atoms with Crippen molar-refractivity contribution in [3.05, 3.63) is 109 Å². The predicted molar refractivity (Wildman–Crippen MR) is 408 cm³/mol. The van der Waals surface area contributed by atoms with Gasteiger partial charge in [-0.15, -0.1) is 0 Å². The van der Waals surface area contributed by atoms with Crippen LogP contribution in [0.15, 0.2) is 109 Å². The first-order valence-corrected chi connectivity index (χ1v) is 42.1. The van der Waals surface area contributed by atoms with E-state index in [4.69, 9.17) is 37.0 Å². The lowest BCUT2D eigenvalue weighted by molar-refractivity contribution is -0.161. The lowest BCUT2D eigenvalue weighted by atomic mass is 10.1. The Morgan fingerprint density at radius 2 is 0.540 bits per heavy atom. The van der Waals surface area contributed by atoms with E-state index in [1.807, 2.05) is 0 Å². The summed E-state index contributed by atoms with van der Waals surface area (Å²) in [5.41, 5.74) is 0. The van der Waals surface area contributed by atoms with E-state index in [0.29, 0.717) is 25.7 Å². The van der Waals surface area contributed by atoms with Crippen molar-refractivity contribution in [3.63, 3.8) is 0 Å². The minimum Gasteiger partial charge on any atom is -0.462 e. The highest BCUT2D eigenvalue weighted by Gasteiger charge is 2.30. The van der Waals surface area contributed by atoms with Gasteiger partial charge in [0.25, 0.3) is 0 Å². The Balaban J connectivity index is 5.39. The monoisotopic (exact) mass is 1450 g/mol. The first-order chi connectivity index (χ1) is 48.7. The smallest absolute Gasteiger partial charge is 0.462 e. The van der Waals surface area contributed by atoms with Crippen LogP contribution in [-0.2, 0) is 65.4 Å². The molecule has 0 aromatic heterocycles. The number of aliphatic hydroxyl groups excluding tert-OH is 1. The molecule has 0 fully saturated rings. The molecule has 19 heteroatoms. The lowest BCUT2D eigenvalue weighted by Gasteiger charge is -2.21. The van der Waals surface area contributed by atoms with Gasteiger partial charge in [-0.2, -0.15) is 0 Å². The van der Waals surface area contributed by atoms with Gasteiger partial charge in [-0.05, 0) is 148 Å². The van der Waals surface area contributed by atoms with Gasteiger partial charge in [-0.3, -0.25) is 37.3 Å². The van der Waals surface area contributed by atoms with Crippen LogP contribution in [0.5, 0.6) is 0 Å².